The maximum Gasteiger partial charge on any atom is 0.481 e. The van der Waals surface area contributed by atoms with E-state index >= 15 is 0 Å². The third-order valence-electron chi connectivity index (χ3n) is 8.10. The number of nitrogens with two attached hydrogens (primary N) is 3. The maximum absolute atomic E-state index is 12.7. The first-order valence-electron chi connectivity index (χ1n) is 17.5. The standard InChI is InChI=1S/C28H49N10O17P3S/c1-28(2,22(42)25(43)33-9-7-17(39)32-10-11-59-18(40)6-4-3-5-8-34-27(30)31)13-52-58(49,50)55-57(47,48)51-12-16-21(54-56(44,45)46)20(41)26(53-16)38-15-37-19-23(29)35-14-36-24(19)38/h14-16,20-22,26,41-42H,3-13H2,1-2H3,(H,32,39)(H,33,43)(H,47,48)(H,49,50)(H2,29,35,36)(H4,30,31,34)(H2,44,45,46). The molecular weight excluding hydrogens is 873 g/mol. The van der Waals surface area contributed by atoms with Crippen molar-refractivity contribution < 1.29 is 80.5 Å². The van der Waals surface area contributed by atoms with Crippen molar-refractivity contribution >= 4 is 75.1 Å². The van der Waals surface area contributed by atoms with Crippen LogP contribution in [0.1, 0.15) is 52.2 Å². The molecule has 3 heterocycles. The van der Waals surface area contributed by atoms with Crippen molar-refractivity contribution in [3.63, 3.8) is 0 Å². The lowest BCUT2D eigenvalue weighted by molar-refractivity contribution is -0.137. The van der Waals surface area contributed by atoms with Gasteiger partial charge in [0.1, 0.15) is 36.3 Å². The lowest BCUT2D eigenvalue weighted by Crippen LogP contribution is -2.46. The van der Waals surface area contributed by atoms with Gasteiger partial charge in [-0.1, -0.05) is 32.0 Å². The van der Waals surface area contributed by atoms with E-state index in [0.717, 1.165) is 41.8 Å². The van der Waals surface area contributed by atoms with Crippen molar-refractivity contribution in [3.05, 3.63) is 12.7 Å². The van der Waals surface area contributed by atoms with Crippen LogP contribution in [0.2, 0.25) is 0 Å². The number of thioether (sulfide) groups is 1. The molecule has 14 N–H and O–H groups in total. The highest BCUT2D eigenvalue weighted by atomic mass is 32.2. The average Bonchev–Trinajstić information content (AvgIpc) is 3.69. The number of hydrogen-bond donors (Lipinski definition) is 11. The maximum atomic E-state index is 12.7. The largest absolute Gasteiger partial charge is 0.481 e. The first-order chi connectivity index (χ1) is 27.4. The molecular formula is C28H49N10O17P3S. The van der Waals surface area contributed by atoms with Crippen LogP contribution in [-0.2, 0) is 50.7 Å². The number of hydrogen-bond acceptors (Lipinski definition) is 19. The Morgan fingerprint density at radius 2 is 1.71 bits per heavy atom. The molecule has 1 fully saturated rings. The van der Waals surface area contributed by atoms with Gasteiger partial charge in [0.05, 0.1) is 19.5 Å². The number of phosphoric ester groups is 3. The number of aliphatic hydroxyl groups excluding tert-OH is 2. The summed E-state index contributed by atoms with van der Waals surface area (Å²) < 4.78 is 62.1. The third kappa shape index (κ3) is 16.7. The molecule has 0 aromatic carbocycles. The fraction of sp³-hybridized carbons (Fsp3) is 0.679. The summed E-state index contributed by atoms with van der Waals surface area (Å²) in [5.41, 5.74) is 14.7. The van der Waals surface area contributed by atoms with Gasteiger partial charge in [-0.3, -0.25) is 37.5 Å². The summed E-state index contributed by atoms with van der Waals surface area (Å²) in [6.07, 6.45) is -4.40. The fourth-order valence-corrected chi connectivity index (χ4v) is 8.68. The lowest BCUT2D eigenvalue weighted by Gasteiger charge is -2.30. The molecule has 2 aromatic heterocycles. The van der Waals surface area contributed by atoms with Crippen molar-refractivity contribution in [2.24, 2.45) is 21.9 Å². The van der Waals surface area contributed by atoms with Crippen LogP contribution in [0.4, 0.5) is 5.82 Å². The number of fused-ring (bicyclic) bond motifs is 1. The Morgan fingerprint density at radius 1 is 1.02 bits per heavy atom. The minimum Gasteiger partial charge on any atom is -0.386 e. The van der Waals surface area contributed by atoms with E-state index in [2.05, 4.69) is 39.4 Å². The molecule has 2 amide bonds. The van der Waals surface area contributed by atoms with Gasteiger partial charge in [0, 0.05) is 43.6 Å². The van der Waals surface area contributed by atoms with Crippen molar-refractivity contribution in [2.75, 3.05) is 44.3 Å². The van der Waals surface area contributed by atoms with Crippen LogP contribution in [0.5, 0.6) is 0 Å². The van der Waals surface area contributed by atoms with Crippen molar-refractivity contribution in [3.8, 4) is 0 Å². The molecule has 2 aromatic rings. The summed E-state index contributed by atoms with van der Waals surface area (Å²) >= 11 is 1.07. The number of aliphatic hydroxyl groups is 2. The number of guanidine groups is 1. The molecule has 0 aliphatic carbocycles. The zero-order chi connectivity index (χ0) is 44.2. The van der Waals surface area contributed by atoms with Crippen LogP contribution in [0.25, 0.3) is 11.2 Å². The Bertz CT molecular complexity index is 1930. The van der Waals surface area contributed by atoms with E-state index in [9.17, 15) is 57.9 Å². The summed E-state index contributed by atoms with van der Waals surface area (Å²) in [6.45, 7) is 0.929. The predicted molar refractivity (Wildman–Crippen MR) is 206 cm³/mol. The molecule has 27 nitrogen and oxygen atoms in total. The molecule has 59 heavy (non-hydrogen) atoms. The Hall–Kier alpha value is -3.17. The van der Waals surface area contributed by atoms with E-state index in [0.29, 0.717) is 25.1 Å². The number of amides is 2. The van der Waals surface area contributed by atoms with Gasteiger partial charge in [-0.2, -0.15) is 4.31 Å². The number of rotatable bonds is 25. The van der Waals surface area contributed by atoms with Gasteiger partial charge < -0.3 is 62.4 Å². The molecule has 7 atom stereocenters. The zero-order valence-electron chi connectivity index (χ0n) is 31.7. The van der Waals surface area contributed by atoms with Gasteiger partial charge in [0.2, 0.25) is 11.8 Å². The van der Waals surface area contributed by atoms with Gasteiger partial charge in [0.15, 0.2) is 28.8 Å². The molecule has 0 radical (unpaired) electrons. The SMILES string of the molecule is CC(C)(COP(=O)(O)OP(=O)(O)OCC1OC(n2cnc3c(N)ncnc32)C(O)C1OP(=O)(O)O)C(O)C(=O)NCCC(=O)NCCSC(=O)CCCCCN=C(N)N. The molecule has 0 spiro atoms. The van der Waals surface area contributed by atoms with Gasteiger partial charge in [0.25, 0.3) is 0 Å². The van der Waals surface area contributed by atoms with Gasteiger partial charge in [-0.05, 0) is 12.8 Å². The second-order valence-corrected chi connectivity index (χ2v) is 18.8. The molecule has 0 bridgehead atoms. The van der Waals surface area contributed by atoms with E-state index < -0.39 is 84.6 Å². The highest BCUT2D eigenvalue weighted by molar-refractivity contribution is 8.13. The van der Waals surface area contributed by atoms with Gasteiger partial charge in [-0.15, -0.1) is 0 Å². The summed E-state index contributed by atoms with van der Waals surface area (Å²) in [5.74, 6) is -1.13. The summed E-state index contributed by atoms with van der Waals surface area (Å²) in [5, 5.41) is 26.4. The summed E-state index contributed by atoms with van der Waals surface area (Å²) in [6, 6.07) is 0. The first kappa shape index (κ1) is 50.2. The minimum atomic E-state index is -5.58. The molecule has 1 saturated heterocycles. The van der Waals surface area contributed by atoms with E-state index in [4.69, 9.17) is 31.0 Å². The molecule has 3 rings (SSSR count). The quantitative estimate of drug-likeness (QED) is 0.0234. The summed E-state index contributed by atoms with van der Waals surface area (Å²) in [7, 11) is -16.4. The van der Waals surface area contributed by atoms with Crippen LogP contribution in [0, 0.1) is 5.41 Å². The van der Waals surface area contributed by atoms with Crippen LogP contribution in [-0.4, -0.2) is 135 Å². The summed E-state index contributed by atoms with van der Waals surface area (Å²) in [4.78, 5) is 91.5. The number of unbranched alkanes of at least 4 members (excludes halogenated alkanes) is 2. The highest BCUT2D eigenvalue weighted by Crippen LogP contribution is 2.61. The number of ether oxygens (including phenoxy) is 1. The number of carbonyl (C=O) groups is 3. The van der Waals surface area contributed by atoms with E-state index in [1.165, 1.54) is 13.8 Å². The average molecular weight is 923 g/mol. The van der Waals surface area contributed by atoms with Gasteiger partial charge in [-0.25, -0.2) is 28.6 Å². The third-order valence-corrected chi connectivity index (χ3v) is 12.1. The normalized spacial score (nSPS) is 21.0. The highest BCUT2D eigenvalue weighted by Gasteiger charge is 2.50. The predicted octanol–water partition coefficient (Wildman–Crippen LogP) is -1.50. The van der Waals surface area contributed by atoms with E-state index in [-0.39, 0.29) is 47.6 Å². The molecule has 1 aliphatic rings. The number of carbonyl (C=O) groups excluding carboxylic acids is 3. The topological polar surface area (TPSA) is 428 Å². The van der Waals surface area contributed by atoms with Crippen LogP contribution >= 0.6 is 35.2 Å². The number of anilines is 1. The van der Waals surface area contributed by atoms with Crippen molar-refractivity contribution in [1.82, 2.24) is 30.2 Å². The molecule has 7 unspecified atom stereocenters. The Kier molecular flexibility index (Phi) is 18.8. The van der Waals surface area contributed by atoms with Crippen LogP contribution < -0.4 is 27.8 Å². The monoisotopic (exact) mass is 922 g/mol. The number of imidazole rings is 1. The van der Waals surface area contributed by atoms with Gasteiger partial charge >= 0.3 is 23.5 Å². The number of phosphoric acid groups is 3. The first-order valence-corrected chi connectivity index (χ1v) is 23.0. The van der Waals surface area contributed by atoms with E-state index in [1.54, 1.807) is 0 Å². The second-order valence-electron chi connectivity index (χ2n) is 13.4. The number of aliphatic imine (C=N–C) groups is 1. The Morgan fingerprint density at radius 3 is 2.39 bits per heavy atom. The van der Waals surface area contributed by atoms with Crippen LogP contribution in [0.15, 0.2) is 17.6 Å². The number of nitrogen functional groups attached to an aromatic ring is 1. The molecule has 334 valence electrons. The second kappa shape index (κ2) is 22.1. The Labute approximate surface area is 340 Å². The minimum absolute atomic E-state index is 0.0144. The molecule has 0 saturated carbocycles. The number of nitrogens with zero attached hydrogens (tertiary/aromatic N) is 5. The Balaban J connectivity index is 1.42. The number of aromatic nitrogens is 4. The van der Waals surface area contributed by atoms with E-state index in [1.807, 2.05) is 0 Å². The zero-order valence-corrected chi connectivity index (χ0v) is 35.2. The van der Waals surface area contributed by atoms with Crippen molar-refractivity contribution in [2.45, 2.75) is 76.6 Å². The lowest BCUT2D eigenvalue weighted by atomic mass is 9.87. The molecule has 31 heteroatoms. The van der Waals surface area contributed by atoms with Crippen LogP contribution in [0.3, 0.4) is 0 Å². The fourth-order valence-electron chi connectivity index (χ4n) is 5.13. The smallest absolute Gasteiger partial charge is 0.386 e. The molecule has 1 aliphatic heterocycles. The number of nitrogens with one attached hydrogen (secondary N) is 2. The van der Waals surface area contributed by atoms with Crippen molar-refractivity contribution in [1.29, 1.82) is 0 Å².